The number of carbonyl (C=O) groups is 1. The molecule has 1 aliphatic heterocycles. The summed E-state index contributed by atoms with van der Waals surface area (Å²) in [6.45, 7) is -0.303. The normalized spacial score (nSPS) is 15.0. The number of fused-ring (bicyclic) bond motifs is 1. The SMILES string of the molecule is Cn1cc(-c2cc3c(cc2C(F)(F)F)NCN(NS(C)(=O)=O)C3=O)cn1. The highest BCUT2D eigenvalue weighted by atomic mass is 32.2. The first kappa shape index (κ1) is 18.2. The van der Waals surface area contributed by atoms with Crippen molar-refractivity contribution in [3.8, 4) is 11.1 Å². The maximum absolute atomic E-state index is 13.5. The van der Waals surface area contributed by atoms with Gasteiger partial charge in [-0.25, -0.2) is 13.4 Å². The van der Waals surface area contributed by atoms with E-state index in [1.54, 1.807) is 7.05 Å². The second kappa shape index (κ2) is 5.99. The average Bonchev–Trinajstić information content (AvgIpc) is 2.93. The molecule has 1 aromatic carbocycles. The molecule has 2 heterocycles. The second-order valence-electron chi connectivity index (χ2n) is 5.78. The lowest BCUT2D eigenvalue weighted by atomic mass is 9.96. The van der Waals surface area contributed by atoms with Gasteiger partial charge in [-0.2, -0.15) is 18.3 Å². The number of nitrogens with zero attached hydrogens (tertiary/aromatic N) is 3. The van der Waals surface area contributed by atoms with Crippen LogP contribution in [0, 0.1) is 0 Å². The zero-order valence-corrected chi connectivity index (χ0v) is 14.4. The summed E-state index contributed by atoms with van der Waals surface area (Å²) in [4.78, 5) is 14.5. The maximum Gasteiger partial charge on any atom is 0.417 e. The average molecular weight is 389 g/mol. The van der Waals surface area contributed by atoms with Gasteiger partial charge < -0.3 is 5.32 Å². The van der Waals surface area contributed by atoms with Gasteiger partial charge in [-0.1, -0.05) is 0 Å². The molecule has 0 unspecified atom stereocenters. The van der Waals surface area contributed by atoms with E-state index in [-0.39, 0.29) is 29.0 Å². The third-order valence-electron chi connectivity index (χ3n) is 3.66. The lowest BCUT2D eigenvalue weighted by Gasteiger charge is -2.30. The predicted octanol–water partition coefficient (Wildman–Crippen LogP) is 1.40. The van der Waals surface area contributed by atoms with Crippen LogP contribution >= 0.6 is 0 Å². The molecule has 26 heavy (non-hydrogen) atoms. The number of halogens is 3. The Morgan fingerprint density at radius 3 is 2.50 bits per heavy atom. The number of nitrogens with one attached hydrogen (secondary N) is 2. The van der Waals surface area contributed by atoms with Crippen molar-refractivity contribution in [3.05, 3.63) is 35.7 Å². The fourth-order valence-corrected chi connectivity index (χ4v) is 3.16. The number of anilines is 1. The number of carbonyl (C=O) groups excluding carboxylic acids is 1. The van der Waals surface area contributed by atoms with Gasteiger partial charge in [-0.3, -0.25) is 9.48 Å². The zero-order chi connectivity index (χ0) is 19.3. The summed E-state index contributed by atoms with van der Waals surface area (Å²) in [5.41, 5.74) is -1.07. The quantitative estimate of drug-likeness (QED) is 0.827. The summed E-state index contributed by atoms with van der Waals surface area (Å²) in [7, 11) is -2.17. The molecule has 3 rings (SSSR count). The molecule has 8 nitrogen and oxygen atoms in total. The van der Waals surface area contributed by atoms with Crippen LogP contribution in [-0.2, 0) is 23.2 Å². The third-order valence-corrected chi connectivity index (χ3v) is 4.21. The molecule has 0 atom stereocenters. The van der Waals surface area contributed by atoms with Gasteiger partial charge in [-0.15, -0.1) is 4.83 Å². The largest absolute Gasteiger partial charge is 0.417 e. The van der Waals surface area contributed by atoms with E-state index >= 15 is 0 Å². The number of hydrogen-bond donors (Lipinski definition) is 2. The van der Waals surface area contributed by atoms with Crippen molar-refractivity contribution in [2.24, 2.45) is 7.05 Å². The lowest BCUT2D eigenvalue weighted by Crippen LogP contribution is -2.50. The maximum atomic E-state index is 13.5. The van der Waals surface area contributed by atoms with Gasteiger partial charge in [0, 0.05) is 24.5 Å². The van der Waals surface area contributed by atoms with Crippen molar-refractivity contribution in [3.63, 3.8) is 0 Å². The predicted molar refractivity (Wildman–Crippen MR) is 86.3 cm³/mol. The summed E-state index contributed by atoms with van der Waals surface area (Å²) >= 11 is 0. The van der Waals surface area contributed by atoms with E-state index in [1.165, 1.54) is 17.1 Å². The first-order valence-corrected chi connectivity index (χ1v) is 9.12. The Hall–Kier alpha value is -2.60. The van der Waals surface area contributed by atoms with Crippen LogP contribution in [-0.4, -0.2) is 42.0 Å². The van der Waals surface area contributed by atoms with Crippen LogP contribution in [0.1, 0.15) is 15.9 Å². The van der Waals surface area contributed by atoms with Gasteiger partial charge in [0.2, 0.25) is 10.0 Å². The number of benzene rings is 1. The number of hydrogen-bond acceptors (Lipinski definition) is 5. The van der Waals surface area contributed by atoms with Gasteiger partial charge in [0.05, 0.1) is 23.6 Å². The molecule has 1 aromatic heterocycles. The van der Waals surface area contributed by atoms with Gasteiger partial charge in [0.1, 0.15) is 6.67 Å². The Morgan fingerprint density at radius 1 is 1.27 bits per heavy atom. The lowest BCUT2D eigenvalue weighted by molar-refractivity contribution is -0.137. The van der Waals surface area contributed by atoms with Gasteiger partial charge >= 0.3 is 6.18 Å². The summed E-state index contributed by atoms with van der Waals surface area (Å²) in [5.74, 6) is -0.761. The van der Waals surface area contributed by atoms with Crippen LogP contribution in [0.4, 0.5) is 18.9 Å². The van der Waals surface area contributed by atoms with Gasteiger partial charge in [-0.05, 0) is 17.7 Å². The highest BCUT2D eigenvalue weighted by Crippen LogP contribution is 2.40. The number of aryl methyl sites for hydroxylation is 1. The monoisotopic (exact) mass is 389 g/mol. The number of sulfonamides is 1. The molecular formula is C14H14F3N5O3S. The topological polar surface area (TPSA) is 96.3 Å². The molecule has 2 aromatic rings. The van der Waals surface area contributed by atoms with Crippen molar-refractivity contribution < 1.29 is 26.4 Å². The van der Waals surface area contributed by atoms with Crippen LogP contribution in [0.3, 0.4) is 0 Å². The Morgan fingerprint density at radius 2 is 1.96 bits per heavy atom. The summed E-state index contributed by atoms with van der Waals surface area (Å²) in [6, 6.07) is 1.92. The molecule has 1 amide bonds. The molecule has 0 bridgehead atoms. The van der Waals surface area contributed by atoms with Crippen LogP contribution in [0.2, 0.25) is 0 Å². The fraction of sp³-hybridized carbons (Fsp3) is 0.286. The van der Waals surface area contributed by atoms with E-state index in [4.69, 9.17) is 0 Å². The van der Waals surface area contributed by atoms with Crippen molar-refractivity contribution >= 4 is 21.6 Å². The number of hydrazine groups is 1. The zero-order valence-electron chi connectivity index (χ0n) is 13.6. The number of aromatic nitrogens is 2. The smallest absolute Gasteiger partial charge is 0.366 e. The van der Waals surface area contributed by atoms with Crippen LogP contribution < -0.4 is 10.1 Å². The molecule has 140 valence electrons. The van der Waals surface area contributed by atoms with E-state index in [2.05, 4.69) is 10.4 Å². The molecule has 0 fully saturated rings. The Bertz CT molecular complexity index is 984. The minimum atomic E-state index is -4.65. The Balaban J connectivity index is 2.13. The summed E-state index contributed by atoms with van der Waals surface area (Å²) in [6.07, 6.45) is -1.13. The molecule has 1 aliphatic rings. The van der Waals surface area contributed by atoms with Crippen molar-refractivity contribution in [2.75, 3.05) is 18.2 Å². The summed E-state index contributed by atoms with van der Waals surface area (Å²) in [5, 5.41) is 7.25. The molecule has 0 saturated heterocycles. The highest BCUT2D eigenvalue weighted by Gasteiger charge is 2.37. The first-order chi connectivity index (χ1) is 12.0. The standard InChI is InChI=1S/C14H14F3N5O3S/c1-21-6-8(5-19-21)9-3-10-12(4-11(9)14(15,16)17)18-7-22(13(10)23)20-26(2,24)25/h3-6,18,20H,7H2,1-2H3. The molecular weight excluding hydrogens is 375 g/mol. The van der Waals surface area contributed by atoms with E-state index in [0.29, 0.717) is 0 Å². The molecule has 2 N–H and O–H groups in total. The van der Waals surface area contributed by atoms with Crippen molar-refractivity contribution in [1.82, 2.24) is 19.6 Å². The molecule has 0 saturated carbocycles. The number of alkyl halides is 3. The van der Waals surface area contributed by atoms with E-state index in [1.807, 2.05) is 4.83 Å². The van der Waals surface area contributed by atoms with Gasteiger partial charge in [0.25, 0.3) is 5.91 Å². The Labute approximate surface area is 146 Å². The summed E-state index contributed by atoms with van der Waals surface area (Å²) < 4.78 is 64.4. The minimum Gasteiger partial charge on any atom is -0.366 e. The molecule has 0 aliphatic carbocycles. The van der Waals surface area contributed by atoms with E-state index in [9.17, 15) is 26.4 Å². The Kier molecular flexibility index (Phi) is 4.19. The molecule has 0 spiro atoms. The third kappa shape index (κ3) is 3.51. The highest BCUT2D eigenvalue weighted by molar-refractivity contribution is 7.88. The van der Waals surface area contributed by atoms with Crippen LogP contribution in [0.5, 0.6) is 0 Å². The minimum absolute atomic E-state index is 0.0264. The number of amides is 1. The van der Waals surface area contributed by atoms with Crippen molar-refractivity contribution in [1.29, 1.82) is 0 Å². The van der Waals surface area contributed by atoms with E-state index in [0.717, 1.165) is 23.4 Å². The fourth-order valence-electron chi connectivity index (χ4n) is 2.61. The molecule has 0 radical (unpaired) electrons. The number of rotatable bonds is 3. The second-order valence-corrected chi connectivity index (χ2v) is 7.50. The molecule has 12 heteroatoms. The van der Waals surface area contributed by atoms with Crippen molar-refractivity contribution in [2.45, 2.75) is 6.18 Å². The van der Waals surface area contributed by atoms with Crippen LogP contribution in [0.25, 0.3) is 11.1 Å². The van der Waals surface area contributed by atoms with E-state index < -0.39 is 27.7 Å². The first-order valence-electron chi connectivity index (χ1n) is 7.23. The van der Waals surface area contributed by atoms with Crippen LogP contribution in [0.15, 0.2) is 24.5 Å². The van der Waals surface area contributed by atoms with Gasteiger partial charge in [0.15, 0.2) is 0 Å².